The van der Waals surface area contributed by atoms with Crippen LogP contribution in [0, 0.1) is 0 Å². The number of aromatic amines is 1. The molecule has 4 rings (SSSR count). The highest BCUT2D eigenvalue weighted by atomic mass is 16.1. The summed E-state index contributed by atoms with van der Waals surface area (Å²) in [5.41, 5.74) is 5.11. The Kier molecular flexibility index (Phi) is 4.34. The van der Waals surface area contributed by atoms with Crippen LogP contribution in [0.5, 0.6) is 0 Å². The summed E-state index contributed by atoms with van der Waals surface area (Å²) in [7, 11) is 0. The SMILES string of the molecule is CC(NC(=O)c1ccc2nc(C(C)(C)C)ccc2c1)c1ccc2n[nH]nc2c1. The van der Waals surface area contributed by atoms with Crippen molar-refractivity contribution in [2.45, 2.75) is 39.2 Å². The maximum atomic E-state index is 12.7. The number of pyridine rings is 1. The molecule has 4 aromatic rings. The van der Waals surface area contributed by atoms with Crippen LogP contribution in [0.15, 0.2) is 48.5 Å². The van der Waals surface area contributed by atoms with E-state index in [0.717, 1.165) is 33.2 Å². The molecule has 0 saturated carbocycles. The van der Waals surface area contributed by atoms with E-state index in [2.05, 4.69) is 41.5 Å². The van der Waals surface area contributed by atoms with Crippen molar-refractivity contribution in [2.75, 3.05) is 0 Å². The number of hydrogen-bond acceptors (Lipinski definition) is 4. The number of nitrogens with one attached hydrogen (secondary N) is 2. The van der Waals surface area contributed by atoms with Crippen LogP contribution in [-0.2, 0) is 5.41 Å². The molecule has 0 spiro atoms. The summed E-state index contributed by atoms with van der Waals surface area (Å²) in [5, 5.41) is 14.8. The van der Waals surface area contributed by atoms with Crippen molar-refractivity contribution in [3.05, 3.63) is 65.4 Å². The molecular weight excluding hydrogens is 350 g/mol. The first-order chi connectivity index (χ1) is 13.3. The van der Waals surface area contributed by atoms with Crippen LogP contribution in [0.1, 0.15) is 55.4 Å². The van der Waals surface area contributed by atoms with Crippen LogP contribution in [-0.4, -0.2) is 26.3 Å². The third-order valence-corrected chi connectivity index (χ3v) is 4.91. The van der Waals surface area contributed by atoms with Crippen molar-refractivity contribution in [1.82, 2.24) is 25.7 Å². The molecule has 2 aromatic carbocycles. The van der Waals surface area contributed by atoms with Crippen LogP contribution in [0.25, 0.3) is 21.9 Å². The number of fused-ring (bicyclic) bond motifs is 2. The average molecular weight is 373 g/mol. The van der Waals surface area contributed by atoms with Gasteiger partial charge in [0.15, 0.2) is 0 Å². The molecule has 28 heavy (non-hydrogen) atoms. The number of rotatable bonds is 3. The lowest BCUT2D eigenvalue weighted by atomic mass is 9.91. The Morgan fingerprint density at radius 3 is 2.50 bits per heavy atom. The first kappa shape index (κ1) is 18.1. The third-order valence-electron chi connectivity index (χ3n) is 4.91. The van der Waals surface area contributed by atoms with E-state index in [1.165, 1.54) is 0 Å². The molecule has 0 saturated heterocycles. The summed E-state index contributed by atoms with van der Waals surface area (Å²) in [6.45, 7) is 8.37. The molecule has 1 amide bonds. The number of amides is 1. The maximum absolute atomic E-state index is 12.7. The summed E-state index contributed by atoms with van der Waals surface area (Å²) in [6.07, 6.45) is 0. The number of hydrogen-bond donors (Lipinski definition) is 2. The fourth-order valence-electron chi connectivity index (χ4n) is 3.17. The largest absolute Gasteiger partial charge is 0.346 e. The molecule has 142 valence electrons. The van der Waals surface area contributed by atoms with E-state index in [4.69, 9.17) is 4.98 Å². The van der Waals surface area contributed by atoms with E-state index >= 15 is 0 Å². The second kappa shape index (κ2) is 6.71. The molecule has 0 aliphatic rings. The molecular formula is C22H23N5O. The topological polar surface area (TPSA) is 83.6 Å². The first-order valence-electron chi connectivity index (χ1n) is 9.34. The van der Waals surface area contributed by atoms with Gasteiger partial charge in [-0.25, -0.2) is 0 Å². The lowest BCUT2D eigenvalue weighted by Gasteiger charge is -2.18. The Bertz CT molecular complexity index is 1170. The molecule has 2 aromatic heterocycles. The molecule has 0 aliphatic heterocycles. The maximum Gasteiger partial charge on any atom is 0.251 e. The predicted molar refractivity (Wildman–Crippen MR) is 110 cm³/mol. The van der Waals surface area contributed by atoms with E-state index in [-0.39, 0.29) is 17.4 Å². The van der Waals surface area contributed by atoms with E-state index in [0.29, 0.717) is 5.56 Å². The van der Waals surface area contributed by atoms with Crippen LogP contribution >= 0.6 is 0 Å². The Morgan fingerprint density at radius 1 is 0.964 bits per heavy atom. The summed E-state index contributed by atoms with van der Waals surface area (Å²) < 4.78 is 0. The van der Waals surface area contributed by atoms with Gasteiger partial charge in [0, 0.05) is 22.1 Å². The number of carbonyl (C=O) groups excluding carboxylic acids is 1. The highest BCUT2D eigenvalue weighted by Gasteiger charge is 2.17. The summed E-state index contributed by atoms with van der Waals surface area (Å²) in [4.78, 5) is 17.5. The fourth-order valence-corrected chi connectivity index (χ4v) is 3.17. The van der Waals surface area contributed by atoms with Crippen molar-refractivity contribution in [1.29, 1.82) is 0 Å². The van der Waals surface area contributed by atoms with Gasteiger partial charge in [-0.15, -0.1) is 0 Å². The standard InChI is InChI=1S/C22H23N5O/c1-13(14-5-9-18-19(12-14)26-27-25-18)23-21(28)16-6-8-17-15(11-16)7-10-20(24-17)22(2,3)4/h5-13H,1-4H3,(H,23,28)(H,25,26,27). The fraction of sp³-hybridized carbons (Fsp3) is 0.273. The quantitative estimate of drug-likeness (QED) is 0.561. The second-order valence-electron chi connectivity index (χ2n) is 8.12. The van der Waals surface area contributed by atoms with Gasteiger partial charge in [-0.1, -0.05) is 32.9 Å². The van der Waals surface area contributed by atoms with Crippen LogP contribution < -0.4 is 5.32 Å². The molecule has 0 bridgehead atoms. The predicted octanol–water partition coefficient (Wildman–Crippen LogP) is 4.29. The van der Waals surface area contributed by atoms with Gasteiger partial charge in [0.1, 0.15) is 11.0 Å². The highest BCUT2D eigenvalue weighted by molar-refractivity contribution is 5.98. The summed E-state index contributed by atoms with van der Waals surface area (Å²) in [6, 6.07) is 15.3. The zero-order valence-corrected chi connectivity index (χ0v) is 16.4. The zero-order valence-electron chi connectivity index (χ0n) is 16.4. The Labute approximate surface area is 163 Å². The highest BCUT2D eigenvalue weighted by Crippen LogP contribution is 2.24. The number of carbonyl (C=O) groups is 1. The van der Waals surface area contributed by atoms with Crippen LogP contribution in [0.2, 0.25) is 0 Å². The van der Waals surface area contributed by atoms with Crippen molar-refractivity contribution in [3.63, 3.8) is 0 Å². The molecule has 2 N–H and O–H groups in total. The van der Waals surface area contributed by atoms with Gasteiger partial charge in [0.25, 0.3) is 5.91 Å². The Hall–Kier alpha value is -3.28. The number of benzene rings is 2. The molecule has 0 fully saturated rings. The third kappa shape index (κ3) is 3.45. The van der Waals surface area contributed by atoms with Gasteiger partial charge in [0.2, 0.25) is 0 Å². The zero-order chi connectivity index (χ0) is 19.9. The lowest BCUT2D eigenvalue weighted by molar-refractivity contribution is 0.0940. The molecule has 6 heteroatoms. The summed E-state index contributed by atoms with van der Waals surface area (Å²) >= 11 is 0. The van der Waals surface area contributed by atoms with Gasteiger partial charge in [-0.3, -0.25) is 9.78 Å². The van der Waals surface area contributed by atoms with Crippen molar-refractivity contribution in [3.8, 4) is 0 Å². The number of aromatic nitrogens is 4. The van der Waals surface area contributed by atoms with E-state index in [1.54, 1.807) is 0 Å². The monoisotopic (exact) mass is 373 g/mol. The summed E-state index contributed by atoms with van der Waals surface area (Å²) in [5.74, 6) is -0.116. The minimum absolute atomic E-state index is 0.00931. The first-order valence-corrected chi connectivity index (χ1v) is 9.34. The van der Waals surface area contributed by atoms with Crippen molar-refractivity contribution in [2.24, 2.45) is 0 Å². The van der Waals surface area contributed by atoms with Gasteiger partial charge < -0.3 is 5.32 Å². The van der Waals surface area contributed by atoms with E-state index < -0.39 is 0 Å². The smallest absolute Gasteiger partial charge is 0.251 e. The van der Waals surface area contributed by atoms with Crippen LogP contribution in [0.3, 0.4) is 0 Å². The van der Waals surface area contributed by atoms with Crippen molar-refractivity contribution >= 4 is 27.8 Å². The molecule has 2 heterocycles. The Morgan fingerprint density at radius 2 is 1.71 bits per heavy atom. The molecule has 0 aliphatic carbocycles. The molecule has 0 radical (unpaired) electrons. The van der Waals surface area contributed by atoms with Crippen LogP contribution in [0.4, 0.5) is 0 Å². The van der Waals surface area contributed by atoms with E-state index in [9.17, 15) is 4.79 Å². The lowest BCUT2D eigenvalue weighted by Crippen LogP contribution is -2.26. The van der Waals surface area contributed by atoms with E-state index in [1.807, 2.05) is 55.5 Å². The second-order valence-corrected chi connectivity index (χ2v) is 8.12. The average Bonchev–Trinajstić information content (AvgIpc) is 3.14. The minimum Gasteiger partial charge on any atom is -0.346 e. The van der Waals surface area contributed by atoms with Gasteiger partial charge >= 0.3 is 0 Å². The van der Waals surface area contributed by atoms with Gasteiger partial charge in [-0.05, 0) is 48.9 Å². The normalized spacial score (nSPS) is 13.0. The molecule has 1 atom stereocenters. The van der Waals surface area contributed by atoms with Gasteiger partial charge in [-0.2, -0.15) is 15.4 Å². The minimum atomic E-state index is -0.148. The molecule has 6 nitrogen and oxygen atoms in total. The Balaban J connectivity index is 1.56. The van der Waals surface area contributed by atoms with Gasteiger partial charge in [0.05, 0.1) is 11.6 Å². The van der Waals surface area contributed by atoms with Crippen molar-refractivity contribution < 1.29 is 4.79 Å². The number of nitrogens with zero attached hydrogens (tertiary/aromatic N) is 3. The number of H-pyrrole nitrogens is 1. The molecule has 1 unspecified atom stereocenters.